The monoisotopic (exact) mass is 214 g/mol. The Kier molecular flexibility index (Phi) is 4.35. The Hall–Kier alpha value is -1.13. The zero-order valence-corrected chi connectivity index (χ0v) is 8.53. The van der Waals surface area contributed by atoms with Gasteiger partial charge in [0.05, 0.1) is 12.7 Å². The van der Waals surface area contributed by atoms with Crippen molar-refractivity contribution >= 4 is 17.7 Å². The molecule has 1 rings (SSSR count). The first-order chi connectivity index (χ1) is 6.77. The van der Waals surface area contributed by atoms with E-state index in [1.54, 1.807) is 12.3 Å². The first-order valence-electron chi connectivity index (χ1n) is 4.12. The van der Waals surface area contributed by atoms with E-state index >= 15 is 0 Å². The van der Waals surface area contributed by atoms with Gasteiger partial charge in [-0.15, -0.1) is 0 Å². The predicted octanol–water partition coefficient (Wildman–Crippen LogP) is 1.53. The van der Waals surface area contributed by atoms with Gasteiger partial charge in [0.1, 0.15) is 0 Å². The molecule has 0 radical (unpaired) electrons. The van der Waals surface area contributed by atoms with Crippen molar-refractivity contribution in [1.29, 1.82) is 0 Å². The fourth-order valence-electron chi connectivity index (χ4n) is 0.918. The zero-order chi connectivity index (χ0) is 10.4. The molecule has 1 aromatic rings. The highest BCUT2D eigenvalue weighted by molar-refractivity contribution is 6.28. The second kappa shape index (κ2) is 5.57. The van der Waals surface area contributed by atoms with Crippen molar-refractivity contribution in [1.82, 2.24) is 9.97 Å². The van der Waals surface area contributed by atoms with Crippen LogP contribution in [0.4, 0.5) is 0 Å². The first kappa shape index (κ1) is 10.9. The zero-order valence-electron chi connectivity index (χ0n) is 7.77. The number of ether oxygens (including phenoxy) is 1. The lowest BCUT2D eigenvalue weighted by Gasteiger charge is -2.02. The smallest absolute Gasteiger partial charge is 0.225 e. The van der Waals surface area contributed by atoms with Gasteiger partial charge in [-0.05, 0) is 18.0 Å². The first-order valence-corrected chi connectivity index (χ1v) is 4.49. The average Bonchev–Trinajstić information content (AvgIpc) is 2.20. The Morgan fingerprint density at radius 2 is 2.43 bits per heavy atom. The van der Waals surface area contributed by atoms with Crippen molar-refractivity contribution in [2.24, 2.45) is 0 Å². The highest BCUT2D eigenvalue weighted by atomic mass is 35.5. The number of halogens is 1. The van der Waals surface area contributed by atoms with E-state index in [4.69, 9.17) is 21.4 Å². The number of hydrogen-bond donors (Lipinski definition) is 1. The van der Waals surface area contributed by atoms with Crippen LogP contribution in [0, 0.1) is 0 Å². The molecule has 1 N–H and O–H groups in total. The number of nitrogens with zero attached hydrogens (tertiary/aromatic N) is 2. The summed E-state index contributed by atoms with van der Waals surface area (Å²) in [6, 6.07) is 0. The molecule has 0 aliphatic carbocycles. The van der Waals surface area contributed by atoms with Crippen molar-refractivity contribution in [2.75, 3.05) is 13.7 Å². The van der Waals surface area contributed by atoms with E-state index in [-0.39, 0.29) is 11.9 Å². The third-order valence-electron chi connectivity index (χ3n) is 1.54. The van der Waals surface area contributed by atoms with E-state index in [2.05, 4.69) is 9.97 Å². The number of hydrogen-bond acceptors (Lipinski definition) is 4. The van der Waals surface area contributed by atoms with Gasteiger partial charge in [0, 0.05) is 12.8 Å². The Balaban J connectivity index is 2.85. The van der Waals surface area contributed by atoms with Gasteiger partial charge in [-0.1, -0.05) is 12.2 Å². The molecule has 76 valence electrons. The van der Waals surface area contributed by atoms with Crippen LogP contribution in [0.3, 0.4) is 0 Å². The van der Waals surface area contributed by atoms with Crippen molar-refractivity contribution in [3.8, 4) is 5.88 Å². The summed E-state index contributed by atoms with van der Waals surface area (Å²) < 4.78 is 5.01. The van der Waals surface area contributed by atoms with Crippen molar-refractivity contribution < 1.29 is 9.84 Å². The Bertz CT molecular complexity index is 329. The molecule has 14 heavy (non-hydrogen) atoms. The molecule has 0 unspecified atom stereocenters. The molecule has 1 aromatic heterocycles. The fourth-order valence-corrected chi connectivity index (χ4v) is 1.04. The molecule has 0 aromatic carbocycles. The van der Waals surface area contributed by atoms with Crippen LogP contribution in [-0.2, 0) is 0 Å². The molecular weight excluding hydrogens is 204 g/mol. The van der Waals surface area contributed by atoms with Crippen LogP contribution < -0.4 is 4.74 Å². The molecule has 0 bridgehead atoms. The van der Waals surface area contributed by atoms with Gasteiger partial charge >= 0.3 is 0 Å². The molecule has 0 atom stereocenters. The molecule has 0 saturated heterocycles. The Labute approximate surface area is 87.2 Å². The minimum atomic E-state index is 0.118. The highest BCUT2D eigenvalue weighted by Crippen LogP contribution is 2.17. The summed E-state index contributed by atoms with van der Waals surface area (Å²) in [5.74, 6) is 0.430. The molecule has 0 aliphatic rings. The largest absolute Gasteiger partial charge is 0.480 e. The normalized spacial score (nSPS) is 10.8. The van der Waals surface area contributed by atoms with Crippen LogP contribution in [0.5, 0.6) is 5.88 Å². The van der Waals surface area contributed by atoms with E-state index in [1.807, 2.05) is 6.08 Å². The summed E-state index contributed by atoms with van der Waals surface area (Å²) in [5, 5.41) is 8.73. The van der Waals surface area contributed by atoms with Crippen LogP contribution in [0.15, 0.2) is 12.3 Å². The van der Waals surface area contributed by atoms with Gasteiger partial charge in [0.2, 0.25) is 11.2 Å². The van der Waals surface area contributed by atoms with Gasteiger partial charge in [-0.3, -0.25) is 0 Å². The van der Waals surface area contributed by atoms with Crippen LogP contribution >= 0.6 is 11.6 Å². The second-order valence-corrected chi connectivity index (χ2v) is 2.86. The standard InChI is InChI=1S/C9H11ClN2O2/c1-14-8-7(4-2-3-5-13)6-11-9(10)12-8/h2,4,6,13H,3,5H2,1H3. The topological polar surface area (TPSA) is 55.2 Å². The summed E-state index contributed by atoms with van der Waals surface area (Å²) >= 11 is 5.59. The number of aliphatic hydroxyl groups is 1. The van der Waals surface area contributed by atoms with Gasteiger partial charge < -0.3 is 9.84 Å². The van der Waals surface area contributed by atoms with Crippen LogP contribution in [0.25, 0.3) is 6.08 Å². The maximum Gasteiger partial charge on any atom is 0.225 e. The van der Waals surface area contributed by atoms with Crippen LogP contribution in [0.1, 0.15) is 12.0 Å². The number of rotatable bonds is 4. The quantitative estimate of drug-likeness (QED) is 0.773. The number of aromatic nitrogens is 2. The lowest BCUT2D eigenvalue weighted by atomic mass is 10.2. The SMILES string of the molecule is COc1nc(Cl)ncc1C=CCCO. The summed E-state index contributed by atoms with van der Waals surface area (Å²) in [7, 11) is 1.52. The molecule has 0 spiro atoms. The minimum Gasteiger partial charge on any atom is -0.480 e. The maximum atomic E-state index is 8.58. The van der Waals surface area contributed by atoms with Crippen LogP contribution in [0.2, 0.25) is 5.28 Å². The molecular formula is C9H11ClN2O2. The van der Waals surface area contributed by atoms with Crippen LogP contribution in [-0.4, -0.2) is 28.8 Å². The van der Waals surface area contributed by atoms with Gasteiger partial charge in [-0.2, -0.15) is 4.98 Å². The van der Waals surface area contributed by atoms with E-state index < -0.39 is 0 Å². The molecule has 0 aliphatic heterocycles. The fraction of sp³-hybridized carbons (Fsp3) is 0.333. The van der Waals surface area contributed by atoms with Crippen molar-refractivity contribution in [3.05, 3.63) is 23.1 Å². The summed E-state index contributed by atoms with van der Waals surface area (Å²) in [5.41, 5.74) is 0.741. The highest BCUT2D eigenvalue weighted by Gasteiger charge is 2.02. The second-order valence-electron chi connectivity index (χ2n) is 2.52. The average molecular weight is 215 g/mol. The van der Waals surface area contributed by atoms with Crippen molar-refractivity contribution in [3.63, 3.8) is 0 Å². The maximum absolute atomic E-state index is 8.58. The van der Waals surface area contributed by atoms with Gasteiger partial charge in [-0.25, -0.2) is 4.98 Å². The summed E-state index contributed by atoms with van der Waals surface area (Å²) in [6.07, 6.45) is 5.76. The Morgan fingerprint density at radius 3 is 3.07 bits per heavy atom. The summed E-state index contributed by atoms with van der Waals surface area (Å²) in [6.45, 7) is 0.118. The number of methoxy groups -OCH3 is 1. The lowest BCUT2D eigenvalue weighted by Crippen LogP contribution is -1.93. The summed E-state index contributed by atoms with van der Waals surface area (Å²) in [4.78, 5) is 7.72. The van der Waals surface area contributed by atoms with E-state index in [0.29, 0.717) is 12.3 Å². The lowest BCUT2D eigenvalue weighted by molar-refractivity contribution is 0.303. The third kappa shape index (κ3) is 2.97. The van der Waals surface area contributed by atoms with Crippen molar-refractivity contribution in [2.45, 2.75) is 6.42 Å². The molecule has 4 nitrogen and oxygen atoms in total. The van der Waals surface area contributed by atoms with E-state index in [9.17, 15) is 0 Å². The molecule has 1 heterocycles. The van der Waals surface area contributed by atoms with Gasteiger partial charge in [0.15, 0.2) is 0 Å². The number of aliphatic hydroxyl groups excluding tert-OH is 1. The minimum absolute atomic E-state index is 0.118. The Morgan fingerprint density at radius 1 is 1.64 bits per heavy atom. The molecule has 0 saturated carbocycles. The molecule has 5 heteroatoms. The molecule has 0 fully saturated rings. The third-order valence-corrected chi connectivity index (χ3v) is 1.72. The predicted molar refractivity (Wildman–Crippen MR) is 54.3 cm³/mol. The van der Waals surface area contributed by atoms with E-state index in [0.717, 1.165) is 5.56 Å². The van der Waals surface area contributed by atoms with E-state index in [1.165, 1.54) is 7.11 Å². The van der Waals surface area contributed by atoms with Gasteiger partial charge in [0.25, 0.3) is 0 Å². The molecule has 0 amide bonds.